The van der Waals surface area contributed by atoms with Crippen LogP contribution in [0.1, 0.15) is 0 Å². The first-order chi connectivity index (χ1) is 5.70. The van der Waals surface area contributed by atoms with Crippen molar-refractivity contribution in [3.05, 3.63) is 26.1 Å². The summed E-state index contributed by atoms with van der Waals surface area (Å²) in [5, 5.41) is 1.18. The molecule has 0 radical (unpaired) electrons. The molecule has 2 rings (SSSR count). The molecule has 0 aliphatic carbocycles. The summed E-state index contributed by atoms with van der Waals surface area (Å²) in [4.78, 5) is 1.00. The van der Waals surface area contributed by atoms with Crippen LogP contribution in [0.5, 0.6) is 0 Å². The molecule has 0 atom stereocenters. The van der Waals surface area contributed by atoms with Crippen LogP contribution in [0.15, 0.2) is 23.1 Å². The Morgan fingerprint density at radius 3 is 2.83 bits per heavy atom. The molecule has 0 saturated heterocycles. The second-order valence-electron chi connectivity index (χ2n) is 2.34. The summed E-state index contributed by atoms with van der Waals surface area (Å²) in [5.41, 5.74) is 0. The zero-order valence-corrected chi connectivity index (χ0v) is 10.5. The molecule has 62 valence electrons. The van der Waals surface area contributed by atoms with E-state index in [1.807, 2.05) is 12.1 Å². The van der Waals surface area contributed by atoms with Gasteiger partial charge in [-0.2, -0.15) is 0 Å². The molecule has 1 heterocycles. The monoisotopic (exact) mass is 326 g/mol. The van der Waals surface area contributed by atoms with Gasteiger partial charge in [0.1, 0.15) is 4.34 Å². The zero-order valence-electron chi connectivity index (χ0n) is 5.84. The molecule has 0 aliphatic heterocycles. The molecule has 0 nitrogen and oxygen atoms in total. The first-order valence-electron chi connectivity index (χ1n) is 3.25. The molecule has 12 heavy (non-hydrogen) atoms. The Hall–Kier alpha value is 0.550. The van der Waals surface area contributed by atoms with Crippen molar-refractivity contribution in [3.63, 3.8) is 0 Å². The lowest BCUT2D eigenvalue weighted by Gasteiger charge is -1.93. The van der Waals surface area contributed by atoms with Gasteiger partial charge in [-0.05, 0) is 34.7 Å². The minimum absolute atomic E-state index is 0.854. The lowest BCUT2D eigenvalue weighted by atomic mass is 10.3. The quantitative estimate of drug-likeness (QED) is 0.537. The normalized spacial score (nSPS) is 10.9. The summed E-state index contributed by atoms with van der Waals surface area (Å²) in [6, 6.07) is 6.04. The lowest BCUT2D eigenvalue weighted by molar-refractivity contribution is 1.58. The summed E-state index contributed by atoms with van der Waals surface area (Å²) >= 11 is 14.2. The van der Waals surface area contributed by atoms with E-state index in [0.29, 0.717) is 0 Å². The highest BCUT2D eigenvalue weighted by atomic mass is 127. The van der Waals surface area contributed by atoms with Crippen LogP contribution in [-0.4, -0.2) is 0 Å². The summed E-state index contributed by atoms with van der Waals surface area (Å²) in [7, 11) is 0. The SMILES string of the molecule is Sc1cccc2sc(Cl)c(I)c12. The van der Waals surface area contributed by atoms with E-state index >= 15 is 0 Å². The van der Waals surface area contributed by atoms with Gasteiger partial charge in [-0.25, -0.2) is 0 Å². The standard InChI is InChI=1S/C8H4ClIS2/c9-8-7(10)6-4(11)2-1-3-5(6)12-8/h1-3,11H. The van der Waals surface area contributed by atoms with Gasteiger partial charge in [0, 0.05) is 15.0 Å². The predicted octanol–water partition coefficient (Wildman–Crippen LogP) is 4.45. The largest absolute Gasteiger partial charge is 0.143 e. The first-order valence-corrected chi connectivity index (χ1v) is 5.97. The Morgan fingerprint density at radius 1 is 1.42 bits per heavy atom. The maximum Gasteiger partial charge on any atom is 0.107 e. The second kappa shape index (κ2) is 3.36. The third-order valence-corrected chi connectivity index (χ3v) is 5.10. The Kier molecular flexibility index (Phi) is 2.56. The van der Waals surface area contributed by atoms with Crippen LogP contribution in [0.25, 0.3) is 10.1 Å². The third kappa shape index (κ3) is 1.36. The van der Waals surface area contributed by atoms with E-state index in [4.69, 9.17) is 11.6 Å². The molecule has 0 aliphatic rings. The van der Waals surface area contributed by atoms with Crippen molar-refractivity contribution >= 4 is 68.2 Å². The summed E-state index contributed by atoms with van der Waals surface area (Å²) in [5.74, 6) is 0. The van der Waals surface area contributed by atoms with Crippen LogP contribution in [0, 0.1) is 3.57 Å². The minimum Gasteiger partial charge on any atom is -0.143 e. The molecule has 0 amide bonds. The van der Waals surface area contributed by atoms with Gasteiger partial charge >= 0.3 is 0 Å². The third-order valence-electron chi connectivity index (χ3n) is 1.60. The fourth-order valence-corrected chi connectivity index (χ4v) is 3.96. The summed E-state index contributed by atoms with van der Waals surface area (Å²) in [6.07, 6.45) is 0. The van der Waals surface area contributed by atoms with Crippen LogP contribution in [-0.2, 0) is 0 Å². The number of rotatable bonds is 0. The molecule has 1 aromatic carbocycles. The van der Waals surface area contributed by atoms with E-state index in [0.717, 1.165) is 12.8 Å². The second-order valence-corrected chi connectivity index (χ2v) is 5.55. The van der Waals surface area contributed by atoms with Crippen molar-refractivity contribution in [2.24, 2.45) is 0 Å². The number of hydrogen-bond donors (Lipinski definition) is 1. The number of thiol groups is 1. The number of fused-ring (bicyclic) bond motifs is 1. The molecule has 0 spiro atoms. The highest BCUT2D eigenvalue weighted by Crippen LogP contribution is 2.38. The van der Waals surface area contributed by atoms with Gasteiger partial charge in [0.2, 0.25) is 0 Å². The Balaban J connectivity index is 2.97. The molecule has 0 fully saturated rings. The fraction of sp³-hybridized carbons (Fsp3) is 0. The van der Waals surface area contributed by atoms with Crippen molar-refractivity contribution in [2.45, 2.75) is 4.90 Å². The van der Waals surface area contributed by atoms with E-state index in [9.17, 15) is 0 Å². The van der Waals surface area contributed by atoms with Gasteiger partial charge in [-0.15, -0.1) is 24.0 Å². The molecule has 2 aromatic rings. The van der Waals surface area contributed by atoms with Crippen LogP contribution in [0.2, 0.25) is 4.34 Å². The number of hydrogen-bond acceptors (Lipinski definition) is 2. The van der Waals surface area contributed by atoms with Crippen molar-refractivity contribution in [3.8, 4) is 0 Å². The van der Waals surface area contributed by atoms with Crippen molar-refractivity contribution in [1.82, 2.24) is 0 Å². The van der Waals surface area contributed by atoms with Gasteiger partial charge in [-0.1, -0.05) is 17.7 Å². The minimum atomic E-state index is 0.854. The molecule has 0 bridgehead atoms. The van der Waals surface area contributed by atoms with Crippen molar-refractivity contribution < 1.29 is 0 Å². The van der Waals surface area contributed by atoms with Crippen molar-refractivity contribution in [1.29, 1.82) is 0 Å². The van der Waals surface area contributed by atoms with Gasteiger partial charge in [0.05, 0.1) is 3.57 Å². The fourth-order valence-electron chi connectivity index (χ4n) is 1.06. The molecule has 1 aromatic heterocycles. The molecule has 0 unspecified atom stereocenters. The molecular weight excluding hydrogens is 323 g/mol. The van der Waals surface area contributed by atoms with E-state index < -0.39 is 0 Å². The van der Waals surface area contributed by atoms with E-state index in [2.05, 4.69) is 41.3 Å². The smallest absolute Gasteiger partial charge is 0.107 e. The van der Waals surface area contributed by atoms with E-state index in [-0.39, 0.29) is 0 Å². The van der Waals surface area contributed by atoms with Crippen LogP contribution in [0.4, 0.5) is 0 Å². The van der Waals surface area contributed by atoms with Crippen LogP contribution < -0.4 is 0 Å². The lowest BCUT2D eigenvalue weighted by Crippen LogP contribution is -1.70. The highest BCUT2D eigenvalue weighted by Gasteiger charge is 2.09. The predicted molar refractivity (Wildman–Crippen MR) is 66.8 cm³/mol. The van der Waals surface area contributed by atoms with Gasteiger partial charge in [0.15, 0.2) is 0 Å². The zero-order chi connectivity index (χ0) is 8.72. The number of benzene rings is 1. The Labute approximate surface area is 98.5 Å². The Bertz CT molecular complexity index is 436. The van der Waals surface area contributed by atoms with Gasteiger partial charge in [-0.3, -0.25) is 0 Å². The average molecular weight is 327 g/mol. The summed E-state index contributed by atoms with van der Waals surface area (Å²) in [6.45, 7) is 0. The van der Waals surface area contributed by atoms with E-state index in [1.54, 1.807) is 11.3 Å². The van der Waals surface area contributed by atoms with Crippen molar-refractivity contribution in [2.75, 3.05) is 0 Å². The van der Waals surface area contributed by atoms with Gasteiger partial charge < -0.3 is 0 Å². The molecule has 0 N–H and O–H groups in total. The van der Waals surface area contributed by atoms with Gasteiger partial charge in [0.25, 0.3) is 0 Å². The maximum atomic E-state index is 6.00. The Morgan fingerprint density at radius 2 is 2.17 bits per heavy atom. The molecule has 4 heteroatoms. The van der Waals surface area contributed by atoms with Crippen LogP contribution >= 0.6 is 58.2 Å². The molecule has 0 saturated carbocycles. The maximum absolute atomic E-state index is 6.00. The number of halogens is 2. The number of thiophene rings is 1. The molecular formula is C8H4ClIS2. The first kappa shape index (κ1) is 9.12. The summed E-state index contributed by atoms with van der Waals surface area (Å²) < 4.78 is 3.17. The average Bonchev–Trinajstić information content (AvgIpc) is 2.29. The topological polar surface area (TPSA) is 0 Å². The van der Waals surface area contributed by atoms with E-state index in [1.165, 1.54) is 10.1 Å². The van der Waals surface area contributed by atoms with Crippen LogP contribution in [0.3, 0.4) is 0 Å². The highest BCUT2D eigenvalue weighted by molar-refractivity contribution is 14.1.